The van der Waals surface area contributed by atoms with Gasteiger partial charge in [0.15, 0.2) is 11.5 Å². The largest absolute Gasteiger partial charge is 0.483 e. The predicted molar refractivity (Wildman–Crippen MR) is 257 cm³/mol. The Morgan fingerprint density at radius 1 is 0.531 bits per heavy atom. The molecule has 0 atom stereocenters. The summed E-state index contributed by atoms with van der Waals surface area (Å²) >= 11 is 0. The maximum atomic E-state index is 14.0. The van der Waals surface area contributed by atoms with E-state index in [9.17, 15) is 9.59 Å². The van der Waals surface area contributed by atoms with Crippen molar-refractivity contribution in [3.63, 3.8) is 0 Å². The highest BCUT2D eigenvalue weighted by Gasteiger charge is 2.30. The molecule has 0 spiro atoms. The lowest BCUT2D eigenvalue weighted by molar-refractivity contribution is -0.141. The number of ether oxygens (including phenoxy) is 4. The first-order valence-corrected chi connectivity index (χ1v) is 24.4. The molecule has 4 aromatic carbocycles. The van der Waals surface area contributed by atoms with Crippen LogP contribution >= 0.6 is 0 Å². The molecule has 0 saturated heterocycles. The van der Waals surface area contributed by atoms with Crippen LogP contribution in [0, 0.1) is 65.2 Å². The minimum Gasteiger partial charge on any atom is -0.483 e. The summed E-state index contributed by atoms with van der Waals surface area (Å²) in [5.74, 6) is 2.26. The number of azo groups is 1. The average Bonchev–Trinajstić information content (AvgIpc) is 3.27. The molecule has 2 aliphatic carbocycles. The van der Waals surface area contributed by atoms with Crippen molar-refractivity contribution in [3.8, 4) is 23.0 Å². The van der Waals surface area contributed by atoms with Gasteiger partial charge in [-0.15, -0.1) is 5.11 Å². The van der Waals surface area contributed by atoms with E-state index in [0.717, 1.165) is 90.7 Å². The van der Waals surface area contributed by atoms with Gasteiger partial charge in [0.05, 0.1) is 17.5 Å². The Morgan fingerprint density at radius 3 is 1.45 bits per heavy atom. The maximum Gasteiger partial charge on any atom is 0.314 e. The van der Waals surface area contributed by atoms with Crippen LogP contribution in [0.4, 0.5) is 11.4 Å². The Morgan fingerprint density at radius 2 is 0.984 bits per heavy atom. The van der Waals surface area contributed by atoms with Crippen LogP contribution in [-0.2, 0) is 22.8 Å². The summed E-state index contributed by atoms with van der Waals surface area (Å²) in [6.07, 6.45) is 17.8. The van der Waals surface area contributed by atoms with E-state index in [1.54, 1.807) is 36.4 Å². The van der Waals surface area contributed by atoms with Crippen molar-refractivity contribution >= 4 is 23.3 Å². The smallest absolute Gasteiger partial charge is 0.314 e. The first-order chi connectivity index (χ1) is 30.9. The molecule has 2 aliphatic rings. The molecule has 2 fully saturated rings. The molecule has 8 heteroatoms. The van der Waals surface area contributed by atoms with Crippen molar-refractivity contribution in [1.29, 1.82) is 0 Å². The molecular formula is C56H74N2O6. The summed E-state index contributed by atoms with van der Waals surface area (Å²) < 4.78 is 25.7. The molecule has 0 bridgehead atoms. The molecule has 0 N–H and O–H groups in total. The molecule has 6 rings (SSSR count). The maximum absolute atomic E-state index is 14.0. The number of benzene rings is 4. The van der Waals surface area contributed by atoms with E-state index < -0.39 is 0 Å². The highest BCUT2D eigenvalue weighted by Crippen LogP contribution is 2.47. The van der Waals surface area contributed by atoms with Crippen LogP contribution in [0.3, 0.4) is 0 Å². The Kier molecular flexibility index (Phi) is 18.0. The van der Waals surface area contributed by atoms with Gasteiger partial charge in [-0.3, -0.25) is 9.59 Å². The SMILES string of the molecule is CCCCCC1CCC(C(=O)Oc2ccc(N=Nc3ccc(OC(=O)C4CCC(CCCCC)CC4)c(OCc4c(C)cc(C)cc4C)c3OCc3c(C)cc(C)cc3C)cc2)CC1. The van der Waals surface area contributed by atoms with Crippen LogP contribution in [0.15, 0.2) is 70.9 Å². The number of rotatable bonds is 20. The number of hydrogen-bond acceptors (Lipinski definition) is 8. The van der Waals surface area contributed by atoms with Gasteiger partial charge in [-0.25, -0.2) is 0 Å². The Bertz CT molecular complexity index is 2150. The van der Waals surface area contributed by atoms with Crippen molar-refractivity contribution in [2.45, 2.75) is 171 Å². The fourth-order valence-corrected chi connectivity index (χ4v) is 9.96. The number of esters is 2. The number of carbonyl (C=O) groups excluding carboxylic acids is 2. The van der Waals surface area contributed by atoms with Gasteiger partial charge in [-0.2, -0.15) is 5.11 Å². The molecule has 344 valence electrons. The van der Waals surface area contributed by atoms with Crippen LogP contribution in [-0.4, -0.2) is 11.9 Å². The predicted octanol–water partition coefficient (Wildman–Crippen LogP) is 15.7. The summed E-state index contributed by atoms with van der Waals surface area (Å²) in [6.45, 7) is 17.5. The fourth-order valence-electron chi connectivity index (χ4n) is 9.96. The molecule has 64 heavy (non-hydrogen) atoms. The van der Waals surface area contributed by atoms with Gasteiger partial charge in [0.2, 0.25) is 5.75 Å². The molecular weight excluding hydrogens is 797 g/mol. The lowest BCUT2D eigenvalue weighted by atomic mass is 9.80. The molecule has 0 unspecified atom stereocenters. The first kappa shape index (κ1) is 48.5. The molecule has 0 aromatic heterocycles. The summed E-state index contributed by atoms with van der Waals surface area (Å²) in [6, 6.07) is 19.3. The zero-order valence-corrected chi connectivity index (χ0v) is 40.2. The fraction of sp³-hybridized carbons (Fsp3) is 0.536. The number of aryl methyl sites for hydroxylation is 6. The normalized spacial score (nSPS) is 18.8. The second-order valence-electron chi connectivity index (χ2n) is 19.0. The molecule has 0 radical (unpaired) electrons. The minimum absolute atomic E-state index is 0.0551. The summed E-state index contributed by atoms with van der Waals surface area (Å²) in [5.41, 5.74) is 9.99. The van der Waals surface area contributed by atoms with E-state index >= 15 is 0 Å². The first-order valence-electron chi connectivity index (χ1n) is 24.4. The summed E-state index contributed by atoms with van der Waals surface area (Å²) in [5, 5.41) is 9.35. The van der Waals surface area contributed by atoms with Gasteiger partial charge < -0.3 is 18.9 Å². The molecule has 0 amide bonds. The minimum atomic E-state index is -0.235. The van der Waals surface area contributed by atoms with Gasteiger partial charge in [0.25, 0.3) is 0 Å². The molecule has 0 aliphatic heterocycles. The van der Waals surface area contributed by atoms with E-state index in [1.165, 1.54) is 62.5 Å². The third kappa shape index (κ3) is 13.5. The van der Waals surface area contributed by atoms with Gasteiger partial charge in [0, 0.05) is 0 Å². The Hall–Kier alpha value is -4.98. The zero-order chi connectivity index (χ0) is 45.6. The third-order valence-electron chi connectivity index (χ3n) is 13.8. The molecule has 8 nitrogen and oxygen atoms in total. The van der Waals surface area contributed by atoms with Gasteiger partial charge in [-0.05, 0) is 175 Å². The van der Waals surface area contributed by atoms with Crippen molar-refractivity contribution < 1.29 is 28.5 Å². The zero-order valence-electron chi connectivity index (χ0n) is 40.2. The van der Waals surface area contributed by atoms with E-state index in [1.807, 2.05) is 0 Å². The lowest BCUT2D eigenvalue weighted by Crippen LogP contribution is -2.26. The van der Waals surface area contributed by atoms with Crippen LogP contribution in [0.5, 0.6) is 23.0 Å². The number of unbranched alkanes of at least 4 members (excludes halogenated alkanes) is 4. The average molecular weight is 871 g/mol. The quantitative estimate of drug-likeness (QED) is 0.0380. The van der Waals surface area contributed by atoms with Crippen LogP contribution in [0.25, 0.3) is 0 Å². The second kappa shape index (κ2) is 23.8. The lowest BCUT2D eigenvalue weighted by Gasteiger charge is -2.27. The summed E-state index contributed by atoms with van der Waals surface area (Å²) in [4.78, 5) is 27.1. The van der Waals surface area contributed by atoms with E-state index in [0.29, 0.717) is 40.3 Å². The van der Waals surface area contributed by atoms with Crippen molar-refractivity contribution in [2.75, 3.05) is 0 Å². The number of hydrogen-bond donors (Lipinski definition) is 0. The van der Waals surface area contributed by atoms with E-state index in [2.05, 4.69) is 84.8 Å². The molecule has 2 saturated carbocycles. The monoisotopic (exact) mass is 871 g/mol. The Labute approximate surface area is 383 Å². The molecule has 0 heterocycles. The number of carbonyl (C=O) groups is 2. The van der Waals surface area contributed by atoms with Crippen molar-refractivity contribution in [3.05, 3.63) is 105 Å². The van der Waals surface area contributed by atoms with Crippen LogP contribution < -0.4 is 18.9 Å². The topological polar surface area (TPSA) is 95.8 Å². The van der Waals surface area contributed by atoms with Crippen LogP contribution in [0.2, 0.25) is 0 Å². The van der Waals surface area contributed by atoms with E-state index in [4.69, 9.17) is 24.1 Å². The van der Waals surface area contributed by atoms with E-state index in [-0.39, 0.29) is 37.0 Å². The van der Waals surface area contributed by atoms with Gasteiger partial charge in [-0.1, -0.05) is 101 Å². The third-order valence-corrected chi connectivity index (χ3v) is 13.8. The Balaban J connectivity index is 1.26. The summed E-state index contributed by atoms with van der Waals surface area (Å²) in [7, 11) is 0. The van der Waals surface area contributed by atoms with Crippen molar-refractivity contribution in [2.24, 2.45) is 33.9 Å². The standard InChI is InChI=1S/C56H74N2O6/c1-9-11-13-15-43-17-21-45(22-18-43)55(59)63-48-27-25-47(26-28-48)57-58-51-29-30-52(64-56(60)46-23-19-44(20-24-46)16-14-12-10-2)54(62-36-50-41(7)33-38(4)34-42(50)8)53(51)61-35-49-39(5)31-37(3)32-40(49)6/h25-34,43-46H,9-24,35-36H2,1-8H3. The second-order valence-corrected chi connectivity index (χ2v) is 19.0. The number of nitrogens with zero attached hydrogens (tertiary/aromatic N) is 2. The van der Waals surface area contributed by atoms with Crippen LogP contribution in [0.1, 0.15) is 161 Å². The van der Waals surface area contributed by atoms with Gasteiger partial charge in [0.1, 0.15) is 24.7 Å². The highest BCUT2D eigenvalue weighted by atomic mass is 16.6. The van der Waals surface area contributed by atoms with Gasteiger partial charge >= 0.3 is 11.9 Å². The van der Waals surface area contributed by atoms with Crippen molar-refractivity contribution in [1.82, 2.24) is 0 Å². The molecule has 4 aromatic rings. The highest BCUT2D eigenvalue weighted by molar-refractivity contribution is 5.78.